The zero-order chi connectivity index (χ0) is 14.0. The lowest BCUT2D eigenvalue weighted by Gasteiger charge is -2.35. The van der Waals surface area contributed by atoms with Crippen molar-refractivity contribution in [3.63, 3.8) is 0 Å². The first-order chi connectivity index (χ1) is 8.95. The molecule has 2 atom stereocenters. The molecule has 1 aliphatic heterocycles. The normalized spacial score (nSPS) is 25.4. The number of rotatable bonds is 3. The predicted molar refractivity (Wildman–Crippen MR) is 77.5 cm³/mol. The quantitative estimate of drug-likeness (QED) is 0.854. The molecule has 1 aromatic carbocycles. The lowest BCUT2D eigenvalue weighted by atomic mass is 9.86. The Morgan fingerprint density at radius 3 is 2.42 bits per heavy atom. The van der Waals surface area contributed by atoms with Gasteiger partial charge in [0, 0.05) is 13.1 Å². The molecule has 106 valence electrons. The van der Waals surface area contributed by atoms with Crippen LogP contribution in [-0.4, -0.2) is 25.8 Å². The Balaban J connectivity index is 2.19. The van der Waals surface area contributed by atoms with E-state index in [0.717, 1.165) is 18.4 Å². The molecular weight excluding hydrogens is 258 g/mol. The molecule has 1 fully saturated rings. The van der Waals surface area contributed by atoms with Gasteiger partial charge in [0.15, 0.2) is 0 Å². The van der Waals surface area contributed by atoms with Crippen molar-refractivity contribution in [1.82, 2.24) is 4.31 Å². The van der Waals surface area contributed by atoms with E-state index in [2.05, 4.69) is 13.8 Å². The molecular formula is C15H23NO2S. The van der Waals surface area contributed by atoms with Crippen LogP contribution in [0.4, 0.5) is 0 Å². The summed E-state index contributed by atoms with van der Waals surface area (Å²) in [6.07, 6.45) is 2.11. The molecule has 2 unspecified atom stereocenters. The van der Waals surface area contributed by atoms with Gasteiger partial charge in [-0.15, -0.1) is 0 Å². The molecule has 0 saturated carbocycles. The van der Waals surface area contributed by atoms with E-state index < -0.39 is 10.0 Å². The topological polar surface area (TPSA) is 37.4 Å². The summed E-state index contributed by atoms with van der Waals surface area (Å²) in [4.78, 5) is 0.417. The lowest BCUT2D eigenvalue weighted by Crippen LogP contribution is -2.42. The van der Waals surface area contributed by atoms with Crippen LogP contribution in [0.1, 0.15) is 32.3 Å². The van der Waals surface area contributed by atoms with Crippen LogP contribution < -0.4 is 0 Å². The van der Waals surface area contributed by atoms with Crippen LogP contribution in [0.5, 0.6) is 0 Å². The van der Waals surface area contributed by atoms with E-state index >= 15 is 0 Å². The second-order valence-electron chi connectivity index (χ2n) is 5.61. The molecule has 4 heteroatoms. The molecule has 0 amide bonds. The number of piperidine rings is 1. The highest BCUT2D eigenvalue weighted by atomic mass is 32.2. The molecule has 0 aromatic heterocycles. The molecule has 19 heavy (non-hydrogen) atoms. The van der Waals surface area contributed by atoms with Crippen LogP contribution in [0, 0.1) is 18.8 Å². The predicted octanol–water partition coefficient (Wildman–Crippen LogP) is 3.05. The summed E-state index contributed by atoms with van der Waals surface area (Å²) in [6, 6.07) is 7.13. The van der Waals surface area contributed by atoms with Crippen molar-refractivity contribution in [2.24, 2.45) is 11.8 Å². The SMILES string of the molecule is CCC1CCN(S(=O)(=O)c2ccc(C)cc2)CC1C. The summed E-state index contributed by atoms with van der Waals surface area (Å²) in [7, 11) is -3.31. The van der Waals surface area contributed by atoms with E-state index in [1.807, 2.05) is 19.1 Å². The van der Waals surface area contributed by atoms with Crippen molar-refractivity contribution in [2.45, 2.75) is 38.5 Å². The Morgan fingerprint density at radius 1 is 1.26 bits per heavy atom. The average Bonchev–Trinajstić information content (AvgIpc) is 2.39. The Bertz CT molecular complexity index is 522. The minimum Gasteiger partial charge on any atom is -0.207 e. The average molecular weight is 281 g/mol. The zero-order valence-corrected chi connectivity index (χ0v) is 12.8. The van der Waals surface area contributed by atoms with Crippen molar-refractivity contribution in [3.8, 4) is 0 Å². The third-order valence-corrected chi connectivity index (χ3v) is 6.11. The minimum absolute atomic E-state index is 0.417. The van der Waals surface area contributed by atoms with Crippen LogP contribution in [0.3, 0.4) is 0 Å². The van der Waals surface area contributed by atoms with Crippen LogP contribution >= 0.6 is 0 Å². The summed E-state index contributed by atoms with van der Waals surface area (Å²) >= 11 is 0. The van der Waals surface area contributed by atoms with E-state index in [4.69, 9.17) is 0 Å². The molecule has 0 N–H and O–H groups in total. The number of nitrogens with zero attached hydrogens (tertiary/aromatic N) is 1. The third-order valence-electron chi connectivity index (χ3n) is 4.23. The fourth-order valence-corrected chi connectivity index (χ4v) is 4.40. The highest BCUT2D eigenvalue weighted by Gasteiger charge is 2.32. The Kier molecular flexibility index (Phi) is 4.31. The van der Waals surface area contributed by atoms with Crippen molar-refractivity contribution in [3.05, 3.63) is 29.8 Å². The molecule has 3 nitrogen and oxygen atoms in total. The lowest BCUT2D eigenvalue weighted by molar-refractivity contribution is 0.194. The van der Waals surface area contributed by atoms with Gasteiger partial charge in [-0.25, -0.2) is 8.42 Å². The summed E-state index contributed by atoms with van der Waals surface area (Å²) < 4.78 is 26.8. The van der Waals surface area contributed by atoms with E-state index in [1.54, 1.807) is 16.4 Å². The van der Waals surface area contributed by atoms with Crippen molar-refractivity contribution in [1.29, 1.82) is 0 Å². The van der Waals surface area contributed by atoms with Crippen molar-refractivity contribution < 1.29 is 8.42 Å². The highest BCUT2D eigenvalue weighted by molar-refractivity contribution is 7.89. The Labute approximate surface area is 116 Å². The smallest absolute Gasteiger partial charge is 0.207 e. The Hall–Kier alpha value is -0.870. The molecule has 0 spiro atoms. The second kappa shape index (κ2) is 5.63. The van der Waals surface area contributed by atoms with Crippen molar-refractivity contribution in [2.75, 3.05) is 13.1 Å². The van der Waals surface area contributed by atoms with E-state index in [9.17, 15) is 8.42 Å². The van der Waals surface area contributed by atoms with Gasteiger partial charge in [0.05, 0.1) is 4.90 Å². The Morgan fingerprint density at radius 2 is 1.89 bits per heavy atom. The molecule has 1 aromatic rings. The van der Waals surface area contributed by atoms with E-state index in [0.29, 0.717) is 29.8 Å². The summed E-state index contributed by atoms with van der Waals surface area (Å²) in [5, 5.41) is 0. The van der Waals surface area contributed by atoms with Gasteiger partial charge in [0.2, 0.25) is 10.0 Å². The monoisotopic (exact) mass is 281 g/mol. The second-order valence-corrected chi connectivity index (χ2v) is 7.55. The van der Waals surface area contributed by atoms with Crippen molar-refractivity contribution >= 4 is 10.0 Å². The minimum atomic E-state index is -3.31. The zero-order valence-electron chi connectivity index (χ0n) is 12.0. The first-order valence-electron chi connectivity index (χ1n) is 7.02. The summed E-state index contributed by atoms with van der Waals surface area (Å²) in [6.45, 7) is 7.61. The van der Waals surface area contributed by atoms with Crippen LogP contribution in [0.2, 0.25) is 0 Å². The highest BCUT2D eigenvalue weighted by Crippen LogP contribution is 2.29. The molecule has 0 aliphatic carbocycles. The summed E-state index contributed by atoms with van der Waals surface area (Å²) in [5.74, 6) is 1.10. The third kappa shape index (κ3) is 3.00. The van der Waals surface area contributed by atoms with Gasteiger partial charge >= 0.3 is 0 Å². The van der Waals surface area contributed by atoms with Gasteiger partial charge in [0.25, 0.3) is 0 Å². The molecule has 1 saturated heterocycles. The molecule has 1 aliphatic rings. The van der Waals surface area contributed by atoms with Crippen LogP contribution in [-0.2, 0) is 10.0 Å². The maximum Gasteiger partial charge on any atom is 0.243 e. The standard InChI is InChI=1S/C15H23NO2S/c1-4-14-9-10-16(11-13(14)3)19(17,18)15-7-5-12(2)6-8-15/h5-8,13-14H,4,9-11H2,1-3H3. The van der Waals surface area contributed by atoms with E-state index in [1.165, 1.54) is 0 Å². The van der Waals surface area contributed by atoms with Gasteiger partial charge in [-0.3, -0.25) is 0 Å². The number of aryl methyl sites for hydroxylation is 1. The first kappa shape index (κ1) is 14.5. The molecule has 0 bridgehead atoms. The molecule has 1 heterocycles. The first-order valence-corrected chi connectivity index (χ1v) is 8.46. The van der Waals surface area contributed by atoms with E-state index in [-0.39, 0.29) is 0 Å². The van der Waals surface area contributed by atoms with Gasteiger partial charge in [-0.2, -0.15) is 4.31 Å². The number of benzene rings is 1. The van der Waals surface area contributed by atoms with Crippen LogP contribution in [0.15, 0.2) is 29.2 Å². The van der Waals surface area contributed by atoms with Gasteiger partial charge < -0.3 is 0 Å². The van der Waals surface area contributed by atoms with Gasteiger partial charge in [0.1, 0.15) is 0 Å². The van der Waals surface area contributed by atoms with Gasteiger partial charge in [-0.1, -0.05) is 38.0 Å². The molecule has 0 radical (unpaired) electrons. The molecule has 2 rings (SSSR count). The summed E-state index contributed by atoms with van der Waals surface area (Å²) in [5.41, 5.74) is 1.08. The number of hydrogen-bond acceptors (Lipinski definition) is 2. The van der Waals surface area contributed by atoms with Crippen LogP contribution in [0.25, 0.3) is 0 Å². The largest absolute Gasteiger partial charge is 0.243 e. The maximum atomic E-state index is 12.6. The maximum absolute atomic E-state index is 12.6. The fourth-order valence-electron chi connectivity index (χ4n) is 2.84. The number of hydrogen-bond donors (Lipinski definition) is 0. The number of sulfonamides is 1. The fraction of sp³-hybridized carbons (Fsp3) is 0.600. The van der Waals surface area contributed by atoms with Gasteiger partial charge in [-0.05, 0) is 37.3 Å².